The lowest BCUT2D eigenvalue weighted by Crippen LogP contribution is -2.36. The van der Waals surface area contributed by atoms with Crippen LogP contribution in [0.1, 0.15) is 13.8 Å². The number of hydrogen-bond donors (Lipinski definition) is 2. The number of aliphatic hydroxyl groups is 2. The minimum atomic E-state index is -0.505. The van der Waals surface area contributed by atoms with Crippen molar-refractivity contribution in [3.8, 4) is 11.5 Å². The Morgan fingerprint density at radius 3 is 2.05 bits per heavy atom. The molecule has 1 rings (SSSR count). The minimum Gasteiger partial charge on any atom is -0.497 e. The van der Waals surface area contributed by atoms with Gasteiger partial charge in [-0.3, -0.25) is 0 Å². The van der Waals surface area contributed by atoms with E-state index in [4.69, 9.17) is 9.47 Å². The molecule has 1 aromatic carbocycles. The van der Waals surface area contributed by atoms with Crippen molar-refractivity contribution in [1.82, 2.24) is 0 Å². The first-order chi connectivity index (χ1) is 8.97. The molecule has 2 N–H and O–H groups in total. The van der Waals surface area contributed by atoms with Gasteiger partial charge < -0.3 is 24.6 Å². The Morgan fingerprint density at radius 1 is 1.05 bits per heavy atom. The summed E-state index contributed by atoms with van der Waals surface area (Å²) in [5.74, 6) is 1.39. The van der Waals surface area contributed by atoms with Crippen molar-refractivity contribution in [3.05, 3.63) is 18.2 Å². The van der Waals surface area contributed by atoms with E-state index in [0.29, 0.717) is 24.6 Å². The Morgan fingerprint density at radius 2 is 1.63 bits per heavy atom. The second kappa shape index (κ2) is 7.21. The number of methoxy groups -OCH3 is 2. The number of hydrogen-bond acceptors (Lipinski definition) is 5. The van der Waals surface area contributed by atoms with Crippen LogP contribution in [0, 0.1) is 0 Å². The fourth-order valence-corrected chi connectivity index (χ4v) is 1.95. The van der Waals surface area contributed by atoms with Gasteiger partial charge in [-0.2, -0.15) is 0 Å². The van der Waals surface area contributed by atoms with Crippen LogP contribution in [0.4, 0.5) is 5.69 Å². The molecule has 0 aliphatic carbocycles. The Bertz CT molecular complexity index is 383. The first kappa shape index (κ1) is 15.6. The SMILES string of the molecule is COc1ccc(OC)c(N(C[C@H](C)O)C[C@H](C)O)c1. The molecule has 108 valence electrons. The zero-order valence-electron chi connectivity index (χ0n) is 12.0. The Labute approximate surface area is 114 Å². The van der Waals surface area contributed by atoms with E-state index in [-0.39, 0.29) is 0 Å². The second-order valence-electron chi connectivity index (χ2n) is 4.64. The van der Waals surface area contributed by atoms with Crippen molar-refractivity contribution in [2.45, 2.75) is 26.1 Å². The summed E-state index contributed by atoms with van der Waals surface area (Å²) in [5.41, 5.74) is 0.795. The van der Waals surface area contributed by atoms with Crippen molar-refractivity contribution in [1.29, 1.82) is 0 Å². The van der Waals surface area contributed by atoms with E-state index in [9.17, 15) is 10.2 Å². The fraction of sp³-hybridized carbons (Fsp3) is 0.571. The largest absolute Gasteiger partial charge is 0.497 e. The summed E-state index contributed by atoms with van der Waals surface area (Å²) < 4.78 is 10.5. The molecule has 0 saturated carbocycles. The van der Waals surface area contributed by atoms with Crippen LogP contribution in [-0.2, 0) is 0 Å². The van der Waals surface area contributed by atoms with Crippen molar-refractivity contribution in [3.63, 3.8) is 0 Å². The molecule has 0 aliphatic rings. The molecular formula is C14H23NO4. The first-order valence-corrected chi connectivity index (χ1v) is 6.31. The fourth-order valence-electron chi connectivity index (χ4n) is 1.95. The number of benzene rings is 1. The van der Waals surface area contributed by atoms with E-state index in [1.807, 2.05) is 23.1 Å². The van der Waals surface area contributed by atoms with Crippen LogP contribution in [0.25, 0.3) is 0 Å². The second-order valence-corrected chi connectivity index (χ2v) is 4.64. The molecule has 5 heteroatoms. The summed E-state index contributed by atoms with van der Waals surface area (Å²) in [6.07, 6.45) is -1.01. The monoisotopic (exact) mass is 269 g/mol. The van der Waals surface area contributed by atoms with Gasteiger partial charge in [-0.1, -0.05) is 0 Å². The normalized spacial score (nSPS) is 13.8. The van der Waals surface area contributed by atoms with E-state index in [0.717, 1.165) is 5.69 Å². The maximum atomic E-state index is 9.59. The molecule has 0 amide bonds. The average Bonchev–Trinajstić information content (AvgIpc) is 2.36. The number of ether oxygens (including phenoxy) is 2. The standard InChI is InChI=1S/C14H23NO4/c1-10(16)8-15(9-11(2)17)13-7-12(18-3)5-6-14(13)19-4/h5-7,10-11,16-17H,8-9H2,1-4H3/t10-,11-/m0/s1. The molecule has 0 unspecified atom stereocenters. The first-order valence-electron chi connectivity index (χ1n) is 6.31. The van der Waals surface area contributed by atoms with E-state index in [1.165, 1.54) is 0 Å². The predicted molar refractivity (Wildman–Crippen MR) is 75.1 cm³/mol. The lowest BCUT2D eigenvalue weighted by atomic mass is 10.2. The van der Waals surface area contributed by atoms with Crippen LogP contribution in [0.15, 0.2) is 18.2 Å². The number of anilines is 1. The molecule has 2 atom stereocenters. The lowest BCUT2D eigenvalue weighted by molar-refractivity contribution is 0.178. The third kappa shape index (κ3) is 4.61. The Hall–Kier alpha value is -1.46. The number of rotatable bonds is 7. The van der Waals surface area contributed by atoms with Crippen LogP contribution in [-0.4, -0.2) is 49.7 Å². The third-order valence-corrected chi connectivity index (χ3v) is 2.70. The zero-order valence-corrected chi connectivity index (χ0v) is 12.0. The molecule has 19 heavy (non-hydrogen) atoms. The molecule has 0 radical (unpaired) electrons. The molecule has 0 bridgehead atoms. The average molecular weight is 269 g/mol. The summed E-state index contributed by atoms with van der Waals surface area (Å²) in [7, 11) is 3.19. The van der Waals surface area contributed by atoms with Crippen molar-refractivity contribution >= 4 is 5.69 Å². The van der Waals surface area contributed by atoms with Gasteiger partial charge in [0.1, 0.15) is 11.5 Å². The molecule has 0 aromatic heterocycles. The molecule has 5 nitrogen and oxygen atoms in total. The summed E-state index contributed by atoms with van der Waals surface area (Å²) >= 11 is 0. The van der Waals surface area contributed by atoms with E-state index < -0.39 is 12.2 Å². The van der Waals surface area contributed by atoms with Gasteiger partial charge in [0.05, 0.1) is 32.1 Å². The molecular weight excluding hydrogens is 246 g/mol. The van der Waals surface area contributed by atoms with Gasteiger partial charge in [0.15, 0.2) is 0 Å². The zero-order chi connectivity index (χ0) is 14.4. The van der Waals surface area contributed by atoms with Crippen molar-refractivity contribution < 1.29 is 19.7 Å². The maximum Gasteiger partial charge on any atom is 0.142 e. The smallest absolute Gasteiger partial charge is 0.142 e. The molecule has 0 spiro atoms. The van der Waals surface area contributed by atoms with Crippen LogP contribution >= 0.6 is 0 Å². The Balaban J connectivity index is 3.10. The number of aliphatic hydroxyl groups excluding tert-OH is 2. The van der Waals surface area contributed by atoms with Gasteiger partial charge >= 0.3 is 0 Å². The maximum absolute atomic E-state index is 9.59. The molecule has 0 heterocycles. The van der Waals surface area contributed by atoms with Crippen molar-refractivity contribution in [2.75, 3.05) is 32.2 Å². The summed E-state index contributed by atoms with van der Waals surface area (Å²) in [6.45, 7) is 4.24. The van der Waals surface area contributed by atoms with Crippen molar-refractivity contribution in [2.24, 2.45) is 0 Å². The van der Waals surface area contributed by atoms with Crippen LogP contribution in [0.3, 0.4) is 0 Å². The third-order valence-electron chi connectivity index (χ3n) is 2.70. The summed E-state index contributed by atoms with van der Waals surface area (Å²) in [5, 5.41) is 19.2. The van der Waals surface area contributed by atoms with Crippen LogP contribution in [0.5, 0.6) is 11.5 Å². The van der Waals surface area contributed by atoms with E-state index in [2.05, 4.69) is 0 Å². The summed E-state index contributed by atoms with van der Waals surface area (Å²) in [6, 6.07) is 5.46. The topological polar surface area (TPSA) is 62.2 Å². The molecule has 1 aromatic rings. The highest BCUT2D eigenvalue weighted by Crippen LogP contribution is 2.32. The van der Waals surface area contributed by atoms with Gasteiger partial charge in [-0.15, -0.1) is 0 Å². The van der Waals surface area contributed by atoms with E-state index in [1.54, 1.807) is 28.1 Å². The van der Waals surface area contributed by atoms with Gasteiger partial charge in [-0.05, 0) is 26.0 Å². The van der Waals surface area contributed by atoms with Crippen LogP contribution in [0.2, 0.25) is 0 Å². The van der Waals surface area contributed by atoms with Gasteiger partial charge in [-0.25, -0.2) is 0 Å². The van der Waals surface area contributed by atoms with Crippen LogP contribution < -0.4 is 14.4 Å². The lowest BCUT2D eigenvalue weighted by Gasteiger charge is -2.29. The minimum absolute atomic E-state index is 0.411. The molecule has 0 aliphatic heterocycles. The summed E-state index contributed by atoms with van der Waals surface area (Å²) in [4.78, 5) is 1.89. The predicted octanol–water partition coefficient (Wildman–Crippen LogP) is 1.27. The Kier molecular flexibility index (Phi) is 5.92. The highest BCUT2D eigenvalue weighted by molar-refractivity contribution is 5.61. The highest BCUT2D eigenvalue weighted by Gasteiger charge is 2.17. The quantitative estimate of drug-likeness (QED) is 0.780. The van der Waals surface area contributed by atoms with E-state index >= 15 is 0 Å². The highest BCUT2D eigenvalue weighted by atomic mass is 16.5. The van der Waals surface area contributed by atoms with Gasteiger partial charge in [0, 0.05) is 19.2 Å². The van der Waals surface area contributed by atoms with Gasteiger partial charge in [0.2, 0.25) is 0 Å². The number of nitrogens with zero attached hydrogens (tertiary/aromatic N) is 1. The molecule has 0 fully saturated rings. The van der Waals surface area contributed by atoms with Gasteiger partial charge in [0.25, 0.3) is 0 Å². The molecule has 0 saturated heterocycles.